The lowest BCUT2D eigenvalue weighted by molar-refractivity contribution is -0.393. The number of nitro groups is 2. The molecular formula is C32H36N8O11. The summed E-state index contributed by atoms with van der Waals surface area (Å²) in [5.74, 6) is -2.11. The molecule has 0 bridgehead atoms. The number of hydrogen-bond acceptors (Lipinski definition) is 13. The van der Waals surface area contributed by atoms with Crippen molar-refractivity contribution in [3.63, 3.8) is 0 Å². The Hall–Kier alpha value is -6.11. The number of nitrogens with two attached hydrogens (primary N) is 2. The Bertz CT molecular complexity index is 1950. The summed E-state index contributed by atoms with van der Waals surface area (Å²) in [6.45, 7) is 0.157. The fraction of sp³-hybridized carbons (Fsp3) is 0.406. The van der Waals surface area contributed by atoms with Gasteiger partial charge in [0.1, 0.15) is 41.2 Å². The number of carbonyl (C=O) groups excluding carboxylic acids is 4. The number of fused-ring (bicyclic) bond motifs is 1. The summed E-state index contributed by atoms with van der Waals surface area (Å²) in [5.41, 5.74) is 10.6. The van der Waals surface area contributed by atoms with Gasteiger partial charge in [-0.1, -0.05) is 0 Å². The van der Waals surface area contributed by atoms with E-state index >= 15 is 0 Å². The first-order chi connectivity index (χ1) is 24.3. The van der Waals surface area contributed by atoms with Gasteiger partial charge < -0.3 is 41.1 Å². The van der Waals surface area contributed by atoms with Crippen LogP contribution < -0.4 is 32.5 Å². The molecule has 19 nitrogen and oxygen atoms in total. The van der Waals surface area contributed by atoms with E-state index in [2.05, 4.69) is 10.6 Å². The number of likely N-dealkylation sites (tertiary alicyclic amines) is 2. The summed E-state index contributed by atoms with van der Waals surface area (Å²) in [6, 6.07) is 4.69. The van der Waals surface area contributed by atoms with Crippen LogP contribution in [0.2, 0.25) is 0 Å². The van der Waals surface area contributed by atoms with Crippen LogP contribution in [0.15, 0.2) is 51.7 Å². The van der Waals surface area contributed by atoms with Crippen LogP contribution in [0.4, 0.5) is 17.1 Å². The summed E-state index contributed by atoms with van der Waals surface area (Å²) in [4.78, 5) is 89.3. The maximum absolute atomic E-state index is 13.9. The molecule has 2 saturated heterocycles. The summed E-state index contributed by atoms with van der Waals surface area (Å²) in [7, 11) is 1.46. The molecule has 51 heavy (non-hydrogen) atoms. The van der Waals surface area contributed by atoms with E-state index in [1.54, 1.807) is 12.1 Å². The number of rotatable bonds is 13. The molecule has 1 aromatic heterocycles. The number of amides is 4. The summed E-state index contributed by atoms with van der Waals surface area (Å²) in [6.07, 6.45) is 1.43. The molecule has 270 valence electrons. The number of ether oxygens (including phenoxy) is 1. The van der Waals surface area contributed by atoms with Gasteiger partial charge in [0.25, 0.3) is 11.4 Å². The molecule has 19 heteroatoms. The van der Waals surface area contributed by atoms with Crippen molar-refractivity contribution in [2.45, 2.75) is 56.3 Å². The van der Waals surface area contributed by atoms with Crippen molar-refractivity contribution < 1.29 is 38.2 Å². The molecule has 0 aliphatic carbocycles. The molecule has 0 saturated carbocycles. The number of non-ortho nitro benzene ring substituents is 1. The van der Waals surface area contributed by atoms with Gasteiger partial charge in [-0.25, -0.2) is 4.79 Å². The smallest absolute Gasteiger partial charge is 0.336 e. The van der Waals surface area contributed by atoms with Crippen LogP contribution in [0, 0.1) is 20.2 Å². The van der Waals surface area contributed by atoms with Crippen molar-refractivity contribution in [3.05, 3.63) is 78.7 Å². The minimum Gasteiger partial charge on any atom is -0.497 e. The number of methoxy groups -OCH3 is 1. The number of carbonyl (C=O) groups is 4. The lowest BCUT2D eigenvalue weighted by Crippen LogP contribution is -2.57. The number of primary amides is 1. The predicted molar refractivity (Wildman–Crippen MR) is 180 cm³/mol. The van der Waals surface area contributed by atoms with Crippen molar-refractivity contribution in [2.24, 2.45) is 11.5 Å². The highest BCUT2D eigenvalue weighted by molar-refractivity contribution is 5.95. The highest BCUT2D eigenvalue weighted by Gasteiger charge is 2.43. The maximum Gasteiger partial charge on any atom is 0.336 e. The van der Waals surface area contributed by atoms with Gasteiger partial charge in [-0.3, -0.25) is 39.4 Å². The van der Waals surface area contributed by atoms with Crippen molar-refractivity contribution in [3.8, 4) is 5.75 Å². The topological polar surface area (TPSA) is 277 Å². The highest BCUT2D eigenvalue weighted by atomic mass is 16.6. The SMILES string of the molecule is COc1ccc2c(CC(NC(=O)C3CCCN3C(=O)C3CCCN3C(=O)C(N)CNc3ccc([N+](=O)[O-])cc3[N+](=O)[O-])C(N)=O)cc(=O)oc2c1. The molecule has 5 rings (SSSR count). The fourth-order valence-corrected chi connectivity index (χ4v) is 6.45. The second-order valence-corrected chi connectivity index (χ2v) is 12.2. The second kappa shape index (κ2) is 15.2. The summed E-state index contributed by atoms with van der Waals surface area (Å²) in [5, 5.41) is 28.4. The van der Waals surface area contributed by atoms with Gasteiger partial charge in [-0.2, -0.15) is 0 Å². The largest absolute Gasteiger partial charge is 0.497 e. The number of nitro benzene ring substituents is 2. The van der Waals surface area contributed by atoms with Crippen LogP contribution in [0.3, 0.4) is 0 Å². The van der Waals surface area contributed by atoms with Gasteiger partial charge >= 0.3 is 5.63 Å². The number of anilines is 1. The van der Waals surface area contributed by atoms with E-state index in [4.69, 9.17) is 20.6 Å². The molecule has 4 amide bonds. The molecule has 2 aromatic carbocycles. The Kier molecular flexibility index (Phi) is 10.8. The zero-order chi connectivity index (χ0) is 37.0. The van der Waals surface area contributed by atoms with Gasteiger partial charge in [0.05, 0.1) is 23.0 Å². The van der Waals surface area contributed by atoms with Crippen LogP contribution in [-0.2, 0) is 25.6 Å². The van der Waals surface area contributed by atoms with Gasteiger partial charge in [0, 0.05) is 49.6 Å². The van der Waals surface area contributed by atoms with Crippen LogP contribution >= 0.6 is 0 Å². The molecule has 4 atom stereocenters. The van der Waals surface area contributed by atoms with Crippen molar-refractivity contribution in [2.75, 3.05) is 32.1 Å². The second-order valence-electron chi connectivity index (χ2n) is 12.2. The van der Waals surface area contributed by atoms with E-state index in [1.165, 1.54) is 29.0 Å². The van der Waals surface area contributed by atoms with Crippen LogP contribution in [0.1, 0.15) is 31.2 Å². The summed E-state index contributed by atoms with van der Waals surface area (Å²) >= 11 is 0. The van der Waals surface area contributed by atoms with Crippen LogP contribution in [-0.4, -0.2) is 94.2 Å². The molecule has 0 radical (unpaired) electrons. The predicted octanol–water partition coefficient (Wildman–Crippen LogP) is 0.552. The third kappa shape index (κ3) is 7.88. The van der Waals surface area contributed by atoms with E-state index in [1.807, 2.05) is 0 Å². The number of benzene rings is 2. The maximum atomic E-state index is 13.9. The van der Waals surface area contributed by atoms with Gasteiger partial charge in [0.2, 0.25) is 23.6 Å². The molecule has 3 heterocycles. The molecule has 6 N–H and O–H groups in total. The molecule has 2 fully saturated rings. The Morgan fingerprint density at radius 1 is 1.00 bits per heavy atom. The normalized spacial score (nSPS) is 18.2. The Morgan fingerprint density at radius 2 is 1.71 bits per heavy atom. The fourth-order valence-electron chi connectivity index (χ4n) is 6.45. The Labute approximate surface area is 289 Å². The first-order valence-electron chi connectivity index (χ1n) is 16.0. The molecule has 4 unspecified atom stereocenters. The number of hydrogen-bond donors (Lipinski definition) is 4. The lowest BCUT2D eigenvalue weighted by atomic mass is 10.0. The Balaban J connectivity index is 1.25. The monoisotopic (exact) mass is 708 g/mol. The van der Waals surface area contributed by atoms with E-state index in [0.717, 1.165) is 18.2 Å². The van der Waals surface area contributed by atoms with Crippen LogP contribution in [0.25, 0.3) is 11.0 Å². The molecule has 3 aromatic rings. The zero-order valence-corrected chi connectivity index (χ0v) is 27.4. The van der Waals surface area contributed by atoms with Gasteiger partial charge in [-0.15, -0.1) is 0 Å². The molecule has 2 aliphatic heterocycles. The first-order valence-corrected chi connectivity index (χ1v) is 16.0. The van der Waals surface area contributed by atoms with E-state index in [-0.39, 0.29) is 37.3 Å². The van der Waals surface area contributed by atoms with Gasteiger partial charge in [0.15, 0.2) is 0 Å². The minimum absolute atomic E-state index is 0.0766. The molecular weight excluding hydrogens is 672 g/mol. The lowest BCUT2D eigenvalue weighted by Gasteiger charge is -2.32. The summed E-state index contributed by atoms with van der Waals surface area (Å²) < 4.78 is 10.5. The first kappa shape index (κ1) is 36.2. The van der Waals surface area contributed by atoms with Crippen LogP contribution in [0.5, 0.6) is 5.75 Å². The van der Waals surface area contributed by atoms with E-state index in [9.17, 15) is 44.2 Å². The quantitative estimate of drug-likeness (QED) is 0.107. The number of nitrogens with one attached hydrogen (secondary N) is 2. The van der Waals surface area contributed by atoms with E-state index < -0.39 is 74.6 Å². The van der Waals surface area contributed by atoms with Crippen molar-refractivity contribution in [1.82, 2.24) is 15.1 Å². The third-order valence-electron chi connectivity index (χ3n) is 9.00. The van der Waals surface area contributed by atoms with E-state index in [0.29, 0.717) is 42.4 Å². The standard InChI is InChI=1S/C32H36N8O11/c1-50-19-7-8-20-17(13-28(41)51-27(20)15-19)12-23(29(34)42)36-30(43)24-4-2-10-37(24)32(45)25-5-3-11-38(25)31(44)21(33)16-35-22-9-6-18(39(46)47)14-26(22)40(48)49/h6-9,13-15,21,23-25,35H,2-5,10-12,16,33H2,1H3,(H2,34,42)(H,36,43). The van der Waals surface area contributed by atoms with Crippen molar-refractivity contribution in [1.29, 1.82) is 0 Å². The van der Waals surface area contributed by atoms with Gasteiger partial charge in [-0.05, 0) is 49.4 Å². The average molecular weight is 709 g/mol. The third-order valence-corrected chi connectivity index (χ3v) is 9.00. The minimum atomic E-state index is -1.24. The number of nitrogens with zero attached hydrogens (tertiary/aromatic N) is 4. The van der Waals surface area contributed by atoms with Crippen molar-refractivity contribution >= 4 is 51.7 Å². The molecule has 0 spiro atoms. The zero-order valence-electron chi connectivity index (χ0n) is 27.4. The molecule has 2 aliphatic rings. The highest BCUT2D eigenvalue weighted by Crippen LogP contribution is 2.30. The average Bonchev–Trinajstić information content (AvgIpc) is 3.80. The Morgan fingerprint density at radius 3 is 2.37 bits per heavy atom.